The Kier molecular flexibility index (Phi) is 1.51. The Labute approximate surface area is 70.8 Å². The molecule has 0 aliphatic carbocycles. The van der Waals surface area contributed by atoms with Crippen LogP contribution in [0, 0.1) is 0 Å². The summed E-state index contributed by atoms with van der Waals surface area (Å²) in [6.45, 7) is 3.96. The third-order valence-corrected chi connectivity index (χ3v) is 2.10. The Bertz CT molecular complexity index is 313. The molecule has 0 unspecified atom stereocenters. The van der Waals surface area contributed by atoms with Crippen molar-refractivity contribution in [1.29, 1.82) is 0 Å². The molecule has 64 valence electrons. The zero-order valence-corrected chi connectivity index (χ0v) is 7.11. The number of nitrogen functional groups attached to an aromatic ring is 1. The molecule has 0 bridgehead atoms. The van der Waals surface area contributed by atoms with Gasteiger partial charge in [0.2, 0.25) is 5.95 Å². The number of aromatic nitrogens is 2. The predicted molar refractivity (Wildman–Crippen MR) is 44.4 cm³/mol. The van der Waals surface area contributed by atoms with Gasteiger partial charge in [-0.25, -0.2) is 9.97 Å². The lowest BCUT2D eigenvalue weighted by atomic mass is 10.1. The fourth-order valence-electron chi connectivity index (χ4n) is 1.50. The number of ether oxygens (including phenoxy) is 1. The average Bonchev–Trinajstić information content (AvgIpc) is 2.28. The molecule has 1 aliphatic rings. The summed E-state index contributed by atoms with van der Waals surface area (Å²) in [5.74, 6) is 0.318. The summed E-state index contributed by atoms with van der Waals surface area (Å²) in [6, 6.07) is 0. The summed E-state index contributed by atoms with van der Waals surface area (Å²) in [7, 11) is 0. The van der Waals surface area contributed by atoms with Crippen molar-refractivity contribution >= 4 is 5.95 Å². The lowest BCUT2D eigenvalue weighted by molar-refractivity contribution is 0.0319. The third kappa shape index (κ3) is 0.956. The van der Waals surface area contributed by atoms with E-state index in [-0.39, 0.29) is 12.2 Å². The lowest BCUT2D eigenvalue weighted by Crippen LogP contribution is -2.00. The second-order valence-corrected chi connectivity index (χ2v) is 2.99. The number of hydrogen-bond acceptors (Lipinski definition) is 4. The van der Waals surface area contributed by atoms with Crippen molar-refractivity contribution in [2.24, 2.45) is 0 Å². The van der Waals surface area contributed by atoms with Crippen LogP contribution in [0.15, 0.2) is 6.20 Å². The van der Waals surface area contributed by atoms with Crippen LogP contribution in [-0.4, -0.2) is 9.97 Å². The highest BCUT2D eigenvalue weighted by Crippen LogP contribution is 2.36. The Morgan fingerprint density at radius 1 is 1.42 bits per heavy atom. The Balaban J connectivity index is 2.53. The molecule has 1 aromatic heterocycles. The van der Waals surface area contributed by atoms with Crippen molar-refractivity contribution < 1.29 is 4.74 Å². The molecule has 2 N–H and O–H groups in total. The molecule has 4 nitrogen and oxygen atoms in total. The molecule has 0 amide bonds. The summed E-state index contributed by atoms with van der Waals surface area (Å²) < 4.78 is 5.53. The van der Waals surface area contributed by atoms with Gasteiger partial charge in [0, 0.05) is 11.8 Å². The molecule has 0 aromatic carbocycles. The van der Waals surface area contributed by atoms with Crippen molar-refractivity contribution in [1.82, 2.24) is 9.97 Å². The summed E-state index contributed by atoms with van der Waals surface area (Å²) in [5, 5.41) is 0. The van der Waals surface area contributed by atoms with E-state index in [1.807, 2.05) is 13.8 Å². The highest BCUT2D eigenvalue weighted by Gasteiger charge is 2.27. The zero-order valence-electron chi connectivity index (χ0n) is 7.11. The maximum absolute atomic E-state index is 5.53. The van der Waals surface area contributed by atoms with E-state index in [4.69, 9.17) is 10.5 Å². The highest BCUT2D eigenvalue weighted by molar-refractivity contribution is 5.30. The van der Waals surface area contributed by atoms with E-state index in [9.17, 15) is 0 Å². The Morgan fingerprint density at radius 2 is 2.17 bits per heavy atom. The van der Waals surface area contributed by atoms with Crippen molar-refractivity contribution in [2.45, 2.75) is 26.1 Å². The van der Waals surface area contributed by atoms with Gasteiger partial charge in [-0.15, -0.1) is 0 Å². The van der Waals surface area contributed by atoms with Gasteiger partial charge in [0.25, 0.3) is 0 Å². The number of nitrogens with two attached hydrogens (primary N) is 1. The minimum absolute atomic E-state index is 0.0419. The Hall–Kier alpha value is -1.16. The van der Waals surface area contributed by atoms with E-state index in [1.165, 1.54) is 0 Å². The van der Waals surface area contributed by atoms with E-state index in [0.717, 1.165) is 11.3 Å². The first-order valence-corrected chi connectivity index (χ1v) is 3.96. The second kappa shape index (κ2) is 2.42. The van der Waals surface area contributed by atoms with E-state index in [0.29, 0.717) is 5.95 Å². The van der Waals surface area contributed by atoms with Crippen LogP contribution in [0.25, 0.3) is 0 Å². The van der Waals surface area contributed by atoms with Crippen LogP contribution < -0.4 is 5.73 Å². The van der Waals surface area contributed by atoms with Gasteiger partial charge in [-0.05, 0) is 13.8 Å². The number of fused-ring (bicyclic) bond motifs is 1. The van der Waals surface area contributed by atoms with Gasteiger partial charge in [-0.3, -0.25) is 0 Å². The molecule has 4 heteroatoms. The second-order valence-electron chi connectivity index (χ2n) is 2.99. The topological polar surface area (TPSA) is 61.0 Å². The first-order chi connectivity index (χ1) is 5.68. The average molecular weight is 165 g/mol. The lowest BCUT2D eigenvalue weighted by Gasteiger charge is -2.02. The third-order valence-electron chi connectivity index (χ3n) is 2.10. The van der Waals surface area contributed by atoms with Gasteiger partial charge in [0.05, 0.1) is 17.9 Å². The van der Waals surface area contributed by atoms with Gasteiger partial charge in [-0.1, -0.05) is 0 Å². The maximum Gasteiger partial charge on any atom is 0.220 e. The Morgan fingerprint density at radius 3 is 2.92 bits per heavy atom. The quantitative estimate of drug-likeness (QED) is 0.627. The normalized spacial score (nSPS) is 27.2. The summed E-state index contributed by atoms with van der Waals surface area (Å²) in [6.07, 6.45) is 1.88. The minimum Gasteiger partial charge on any atom is -0.368 e. The molecule has 0 saturated heterocycles. The van der Waals surface area contributed by atoms with Gasteiger partial charge >= 0.3 is 0 Å². The molecule has 1 aromatic rings. The predicted octanol–water partition coefficient (Wildman–Crippen LogP) is 1.21. The van der Waals surface area contributed by atoms with Crippen LogP contribution in [0.1, 0.15) is 37.3 Å². The summed E-state index contributed by atoms with van der Waals surface area (Å²) in [5.41, 5.74) is 7.44. The molecule has 1 aliphatic heterocycles. The largest absolute Gasteiger partial charge is 0.368 e. The SMILES string of the molecule is C[C@@H]1O[C@@H](C)c2nc(N)ncc21. The monoisotopic (exact) mass is 165 g/mol. The van der Waals surface area contributed by atoms with Gasteiger partial charge in [0.1, 0.15) is 0 Å². The van der Waals surface area contributed by atoms with Gasteiger partial charge < -0.3 is 10.5 Å². The van der Waals surface area contributed by atoms with E-state index >= 15 is 0 Å². The van der Waals surface area contributed by atoms with Crippen LogP contribution in [0.3, 0.4) is 0 Å². The van der Waals surface area contributed by atoms with Crippen molar-refractivity contribution in [3.8, 4) is 0 Å². The van der Waals surface area contributed by atoms with Gasteiger partial charge in [0.15, 0.2) is 0 Å². The molecule has 0 fully saturated rings. The summed E-state index contributed by atoms with van der Waals surface area (Å²) in [4.78, 5) is 8.05. The minimum atomic E-state index is 0.0419. The summed E-state index contributed by atoms with van der Waals surface area (Å²) >= 11 is 0. The standard InChI is InChI=1S/C8H11N3O/c1-4-6-3-10-8(9)11-7(6)5(2)12-4/h3-5H,1-2H3,(H2,9,10,11)/t4-,5-/m0/s1. The van der Waals surface area contributed by atoms with E-state index < -0.39 is 0 Å². The number of hydrogen-bond donors (Lipinski definition) is 1. The van der Waals surface area contributed by atoms with E-state index in [2.05, 4.69) is 9.97 Å². The molecule has 0 saturated carbocycles. The van der Waals surface area contributed by atoms with Crippen LogP contribution in [0.2, 0.25) is 0 Å². The number of rotatable bonds is 0. The molecular weight excluding hydrogens is 154 g/mol. The van der Waals surface area contributed by atoms with Crippen molar-refractivity contribution in [3.63, 3.8) is 0 Å². The number of nitrogens with zero attached hydrogens (tertiary/aromatic N) is 2. The van der Waals surface area contributed by atoms with Crippen LogP contribution >= 0.6 is 0 Å². The van der Waals surface area contributed by atoms with Crippen LogP contribution in [0.4, 0.5) is 5.95 Å². The van der Waals surface area contributed by atoms with Gasteiger partial charge in [-0.2, -0.15) is 0 Å². The maximum atomic E-state index is 5.53. The highest BCUT2D eigenvalue weighted by atomic mass is 16.5. The first kappa shape index (κ1) is 7.49. The van der Waals surface area contributed by atoms with Crippen LogP contribution in [-0.2, 0) is 4.74 Å². The molecule has 2 rings (SSSR count). The zero-order chi connectivity index (χ0) is 8.72. The fourth-order valence-corrected chi connectivity index (χ4v) is 1.50. The molecule has 2 heterocycles. The molecule has 12 heavy (non-hydrogen) atoms. The van der Waals surface area contributed by atoms with Crippen LogP contribution in [0.5, 0.6) is 0 Å². The first-order valence-electron chi connectivity index (χ1n) is 3.96. The van der Waals surface area contributed by atoms with E-state index in [1.54, 1.807) is 6.20 Å². The van der Waals surface area contributed by atoms with Crippen molar-refractivity contribution in [2.75, 3.05) is 5.73 Å². The molecule has 0 spiro atoms. The number of anilines is 1. The fraction of sp³-hybridized carbons (Fsp3) is 0.500. The smallest absolute Gasteiger partial charge is 0.220 e. The molecule has 0 radical (unpaired) electrons. The molecule has 2 atom stereocenters. The van der Waals surface area contributed by atoms with Crippen molar-refractivity contribution in [3.05, 3.63) is 17.5 Å². The molecular formula is C8H11N3O.